The second-order valence-electron chi connectivity index (χ2n) is 11.9. The van der Waals surface area contributed by atoms with Gasteiger partial charge in [-0.3, -0.25) is 4.79 Å². The number of amides is 1. The van der Waals surface area contributed by atoms with Crippen molar-refractivity contribution in [1.29, 1.82) is 0 Å². The van der Waals surface area contributed by atoms with Crippen LogP contribution >= 0.6 is 0 Å². The summed E-state index contributed by atoms with van der Waals surface area (Å²) in [5.74, 6) is -0.509. The van der Waals surface area contributed by atoms with Crippen molar-refractivity contribution in [2.45, 2.75) is 62.9 Å². The second kappa shape index (κ2) is 11.6. The molecule has 38 heavy (non-hydrogen) atoms. The van der Waals surface area contributed by atoms with Crippen molar-refractivity contribution >= 4 is 24.2 Å². The van der Waals surface area contributed by atoms with Crippen LogP contribution in [0.3, 0.4) is 0 Å². The number of aromatic nitrogens is 1. The summed E-state index contributed by atoms with van der Waals surface area (Å²) >= 11 is 0. The predicted octanol–water partition coefficient (Wildman–Crippen LogP) is 4.26. The van der Waals surface area contributed by atoms with Crippen molar-refractivity contribution in [2.75, 3.05) is 39.4 Å². The maximum atomic E-state index is 13.9. The molecule has 3 heterocycles. The van der Waals surface area contributed by atoms with Crippen molar-refractivity contribution in [3.8, 4) is 0 Å². The summed E-state index contributed by atoms with van der Waals surface area (Å²) in [5, 5.41) is 0.0529. The van der Waals surface area contributed by atoms with Crippen LogP contribution in [-0.4, -0.2) is 76.2 Å². The Bertz CT molecular complexity index is 1210. The monoisotopic (exact) mass is 559 g/mol. The Morgan fingerprint density at radius 1 is 1.11 bits per heavy atom. The van der Waals surface area contributed by atoms with E-state index in [0.29, 0.717) is 45.9 Å². The van der Waals surface area contributed by atoms with Gasteiger partial charge in [-0.25, -0.2) is 13.4 Å². The first-order valence-corrected chi connectivity index (χ1v) is 17.7. The molecule has 0 radical (unpaired) electrons. The fourth-order valence-corrected chi connectivity index (χ4v) is 7.21. The third-order valence-electron chi connectivity index (χ3n) is 8.17. The minimum absolute atomic E-state index is 0.000106. The van der Waals surface area contributed by atoms with Crippen molar-refractivity contribution in [3.63, 3.8) is 0 Å². The van der Waals surface area contributed by atoms with Crippen molar-refractivity contribution < 1.29 is 22.4 Å². The molecule has 1 aromatic carbocycles. The summed E-state index contributed by atoms with van der Waals surface area (Å²) in [7, 11) is -5.92. The molecule has 2 aliphatic heterocycles. The van der Waals surface area contributed by atoms with Crippen molar-refractivity contribution in [1.82, 2.24) is 14.2 Å². The number of morpholine rings is 1. The van der Waals surface area contributed by atoms with E-state index < -0.39 is 24.3 Å². The summed E-state index contributed by atoms with van der Waals surface area (Å²) in [6, 6.07) is 13.3. The molecule has 8 nitrogen and oxygen atoms in total. The molecule has 1 amide bonds. The Hall–Kier alpha value is -2.11. The lowest BCUT2D eigenvalue weighted by Crippen LogP contribution is -2.51. The van der Waals surface area contributed by atoms with Crippen LogP contribution < -0.4 is 0 Å². The molecule has 10 heteroatoms. The van der Waals surface area contributed by atoms with Crippen LogP contribution in [0.25, 0.3) is 0 Å². The van der Waals surface area contributed by atoms with Crippen LogP contribution in [-0.2, 0) is 30.6 Å². The van der Waals surface area contributed by atoms with Gasteiger partial charge in [0.15, 0.2) is 13.3 Å². The van der Waals surface area contributed by atoms with Gasteiger partial charge < -0.3 is 14.1 Å². The van der Waals surface area contributed by atoms with Gasteiger partial charge in [-0.1, -0.05) is 51.1 Å². The highest BCUT2D eigenvalue weighted by atomic mass is 32.2. The van der Waals surface area contributed by atoms with Gasteiger partial charge in [0.25, 0.3) is 10.0 Å². The lowest BCUT2D eigenvalue weighted by atomic mass is 9.85. The van der Waals surface area contributed by atoms with Crippen LogP contribution in [0.1, 0.15) is 44.2 Å². The summed E-state index contributed by atoms with van der Waals surface area (Å²) < 4.78 is 41.0. The Balaban J connectivity index is 1.58. The smallest absolute Gasteiger partial charge is 0.260 e. The van der Waals surface area contributed by atoms with E-state index in [2.05, 4.69) is 38.8 Å². The van der Waals surface area contributed by atoms with Gasteiger partial charge >= 0.3 is 0 Å². The van der Waals surface area contributed by atoms with E-state index in [1.165, 1.54) is 10.5 Å². The first kappa shape index (κ1) is 28.9. The summed E-state index contributed by atoms with van der Waals surface area (Å²) in [6.45, 7) is 13.8. The quantitative estimate of drug-likeness (QED) is 0.471. The average Bonchev–Trinajstić information content (AvgIpc) is 2.92. The number of hydrogen-bond acceptors (Lipinski definition) is 6. The fourth-order valence-electron chi connectivity index (χ4n) is 4.74. The Labute approximate surface area is 228 Å². The van der Waals surface area contributed by atoms with Crippen LogP contribution in [0.15, 0.2) is 53.7 Å². The highest BCUT2D eigenvalue weighted by Crippen LogP contribution is 2.37. The molecule has 208 valence electrons. The summed E-state index contributed by atoms with van der Waals surface area (Å²) in [4.78, 5) is 19.5. The molecule has 2 saturated heterocycles. The predicted molar refractivity (Wildman–Crippen MR) is 150 cm³/mol. The van der Waals surface area contributed by atoms with Crippen molar-refractivity contribution in [3.05, 3.63) is 59.8 Å². The number of ether oxygens (including phenoxy) is 1. The first-order valence-electron chi connectivity index (χ1n) is 13.4. The van der Waals surface area contributed by atoms with E-state index in [4.69, 9.17) is 9.16 Å². The minimum atomic E-state index is -3.92. The molecule has 0 saturated carbocycles. The zero-order valence-corrected chi connectivity index (χ0v) is 25.0. The molecule has 0 bridgehead atoms. The first-order chi connectivity index (χ1) is 17.9. The van der Waals surface area contributed by atoms with Crippen LogP contribution in [0.4, 0.5) is 0 Å². The van der Waals surface area contributed by atoms with Gasteiger partial charge in [-0.05, 0) is 53.7 Å². The number of piperidine rings is 1. The number of carbonyl (C=O) groups is 1. The van der Waals surface area contributed by atoms with Crippen LogP contribution in [0, 0.1) is 5.92 Å². The maximum absolute atomic E-state index is 13.9. The van der Waals surface area contributed by atoms with E-state index in [0.717, 1.165) is 11.1 Å². The van der Waals surface area contributed by atoms with E-state index in [9.17, 15) is 13.2 Å². The number of carbonyl (C=O) groups excluding carboxylic acids is 1. The Kier molecular flexibility index (Phi) is 8.78. The SMILES string of the molecule is CC(C)(C)[Si](C)(C)OCc1ccnc(S(=O)(=O)N2C[C@@H](C(=O)N3CCOCC3)C[C@@H](c3ccccc3)C2)c1. The third kappa shape index (κ3) is 6.54. The third-order valence-corrected chi connectivity index (χ3v) is 14.4. The van der Waals surface area contributed by atoms with Gasteiger partial charge in [0.05, 0.1) is 25.7 Å². The van der Waals surface area contributed by atoms with E-state index in [-0.39, 0.29) is 28.4 Å². The van der Waals surface area contributed by atoms with Crippen molar-refractivity contribution in [2.24, 2.45) is 5.92 Å². The number of pyridine rings is 1. The van der Waals surface area contributed by atoms with Crippen LogP contribution in [0.2, 0.25) is 18.1 Å². The zero-order valence-electron chi connectivity index (χ0n) is 23.2. The summed E-state index contributed by atoms with van der Waals surface area (Å²) in [6.07, 6.45) is 2.15. The molecule has 1 aromatic heterocycles. The average molecular weight is 560 g/mol. The fraction of sp³-hybridized carbons (Fsp3) is 0.571. The molecule has 2 aromatic rings. The number of benzene rings is 1. The molecular formula is C28H41N3O5SSi. The van der Waals surface area contributed by atoms with E-state index in [1.54, 1.807) is 12.1 Å². The minimum Gasteiger partial charge on any atom is -0.413 e. The maximum Gasteiger partial charge on any atom is 0.260 e. The topological polar surface area (TPSA) is 89.0 Å². The van der Waals surface area contributed by atoms with Gasteiger partial charge in [0, 0.05) is 32.4 Å². The molecule has 2 aliphatic rings. The second-order valence-corrected chi connectivity index (χ2v) is 18.5. The van der Waals surface area contributed by atoms with E-state index >= 15 is 0 Å². The van der Waals surface area contributed by atoms with Crippen LogP contribution in [0.5, 0.6) is 0 Å². The molecule has 4 rings (SSSR count). The largest absolute Gasteiger partial charge is 0.413 e. The van der Waals surface area contributed by atoms with Gasteiger partial charge in [-0.15, -0.1) is 0 Å². The Morgan fingerprint density at radius 3 is 2.45 bits per heavy atom. The lowest BCUT2D eigenvalue weighted by molar-refractivity contribution is -0.141. The molecule has 0 N–H and O–H groups in total. The molecule has 0 spiro atoms. The zero-order chi connectivity index (χ0) is 27.6. The standard InChI is InChI=1S/C28H41N3O5SSi/c1-28(2,3)38(4,5)36-21-22-11-12-29-26(17-22)37(33,34)31-19-24(23-9-7-6-8-10-23)18-25(20-31)27(32)30-13-15-35-16-14-30/h6-12,17,24-25H,13-16,18-21H2,1-5H3/t24-,25+/m1/s1. The van der Waals surface area contributed by atoms with Gasteiger partial charge in [0.2, 0.25) is 5.91 Å². The summed E-state index contributed by atoms with van der Waals surface area (Å²) in [5.41, 5.74) is 1.82. The number of sulfonamides is 1. The number of nitrogens with zero attached hydrogens (tertiary/aromatic N) is 3. The molecule has 2 atom stereocenters. The normalized spacial score (nSPS) is 21.9. The molecular weight excluding hydrogens is 518 g/mol. The number of rotatable bonds is 7. The highest BCUT2D eigenvalue weighted by molar-refractivity contribution is 7.89. The van der Waals surface area contributed by atoms with Gasteiger partial charge in [0.1, 0.15) is 0 Å². The molecule has 2 fully saturated rings. The highest BCUT2D eigenvalue weighted by Gasteiger charge is 2.41. The molecule has 0 unspecified atom stereocenters. The lowest BCUT2D eigenvalue weighted by Gasteiger charge is -2.39. The van der Waals surface area contributed by atoms with Gasteiger partial charge in [-0.2, -0.15) is 4.31 Å². The number of hydrogen-bond donors (Lipinski definition) is 0. The van der Waals surface area contributed by atoms with E-state index in [1.807, 2.05) is 35.2 Å². The molecule has 0 aliphatic carbocycles. The Morgan fingerprint density at radius 2 is 1.79 bits per heavy atom.